The lowest BCUT2D eigenvalue weighted by Crippen LogP contribution is -2.45. The fraction of sp³-hybridized carbons (Fsp3) is 0.938. The van der Waals surface area contributed by atoms with Gasteiger partial charge in [-0.05, 0) is 58.9 Å². The number of nitrogens with zero attached hydrogens (tertiary/aromatic N) is 1. The maximum Gasteiger partial charge on any atom is 0.410 e. The fourth-order valence-electron chi connectivity index (χ4n) is 2.83. The van der Waals surface area contributed by atoms with E-state index in [0.717, 1.165) is 32.0 Å². The van der Waals surface area contributed by atoms with Crippen LogP contribution in [-0.4, -0.2) is 42.3 Å². The van der Waals surface area contributed by atoms with Gasteiger partial charge < -0.3 is 15.0 Å². The van der Waals surface area contributed by atoms with E-state index in [9.17, 15) is 4.79 Å². The molecule has 4 heteroatoms. The molecule has 2 rings (SSSR count). The van der Waals surface area contributed by atoms with Crippen molar-refractivity contribution >= 4 is 6.09 Å². The summed E-state index contributed by atoms with van der Waals surface area (Å²) >= 11 is 0. The Morgan fingerprint density at radius 1 is 1.20 bits per heavy atom. The Morgan fingerprint density at radius 3 is 2.55 bits per heavy atom. The number of hydrogen-bond donors (Lipinski definition) is 1. The van der Waals surface area contributed by atoms with Crippen LogP contribution in [-0.2, 0) is 4.74 Å². The minimum Gasteiger partial charge on any atom is -0.444 e. The van der Waals surface area contributed by atoms with Gasteiger partial charge >= 0.3 is 6.09 Å². The quantitative estimate of drug-likeness (QED) is 0.864. The molecule has 20 heavy (non-hydrogen) atoms. The number of likely N-dealkylation sites (tertiary alicyclic amines) is 1. The highest BCUT2D eigenvalue weighted by atomic mass is 16.6. The van der Waals surface area contributed by atoms with Gasteiger partial charge in [-0.1, -0.05) is 12.8 Å². The molecule has 1 atom stereocenters. The van der Waals surface area contributed by atoms with Crippen molar-refractivity contribution in [3.63, 3.8) is 0 Å². The Labute approximate surface area is 123 Å². The molecular formula is C16H30N2O2. The van der Waals surface area contributed by atoms with E-state index in [0.29, 0.717) is 6.04 Å². The third kappa shape index (κ3) is 4.97. The number of carbonyl (C=O) groups excluding carboxylic acids is 1. The van der Waals surface area contributed by atoms with Crippen molar-refractivity contribution in [1.82, 2.24) is 10.2 Å². The van der Waals surface area contributed by atoms with Gasteiger partial charge in [-0.2, -0.15) is 0 Å². The van der Waals surface area contributed by atoms with Gasteiger partial charge in [0.15, 0.2) is 0 Å². The van der Waals surface area contributed by atoms with E-state index in [2.05, 4.69) is 5.32 Å². The first-order valence-corrected chi connectivity index (χ1v) is 8.15. The molecular weight excluding hydrogens is 252 g/mol. The summed E-state index contributed by atoms with van der Waals surface area (Å²) in [6.45, 7) is 8.52. The second-order valence-corrected chi connectivity index (χ2v) is 7.32. The summed E-state index contributed by atoms with van der Waals surface area (Å²) in [6.07, 6.45) is 7.43. The molecule has 1 aliphatic heterocycles. The van der Waals surface area contributed by atoms with E-state index in [1.165, 1.54) is 32.1 Å². The Kier molecular flexibility index (Phi) is 5.30. The largest absolute Gasteiger partial charge is 0.444 e. The molecule has 0 radical (unpaired) electrons. The maximum atomic E-state index is 12.2. The molecule has 2 fully saturated rings. The van der Waals surface area contributed by atoms with E-state index in [1.807, 2.05) is 25.7 Å². The number of rotatable bonds is 3. The summed E-state index contributed by atoms with van der Waals surface area (Å²) in [4.78, 5) is 14.1. The van der Waals surface area contributed by atoms with E-state index < -0.39 is 5.60 Å². The van der Waals surface area contributed by atoms with Gasteiger partial charge in [0.05, 0.1) is 0 Å². The number of nitrogens with one attached hydrogen (secondary N) is 1. The molecule has 1 unspecified atom stereocenters. The fourth-order valence-corrected chi connectivity index (χ4v) is 2.83. The summed E-state index contributed by atoms with van der Waals surface area (Å²) in [5, 5.41) is 3.66. The summed E-state index contributed by atoms with van der Waals surface area (Å²) in [7, 11) is 0. The van der Waals surface area contributed by atoms with Gasteiger partial charge in [0.2, 0.25) is 0 Å². The first-order valence-electron chi connectivity index (χ1n) is 8.15. The molecule has 0 aromatic heterocycles. The zero-order valence-corrected chi connectivity index (χ0v) is 13.3. The third-order valence-corrected chi connectivity index (χ3v) is 4.24. The van der Waals surface area contributed by atoms with Crippen molar-refractivity contribution in [2.24, 2.45) is 5.92 Å². The van der Waals surface area contributed by atoms with Gasteiger partial charge in [-0.15, -0.1) is 0 Å². The van der Waals surface area contributed by atoms with Crippen molar-refractivity contribution in [1.29, 1.82) is 0 Å². The van der Waals surface area contributed by atoms with Gasteiger partial charge in [-0.25, -0.2) is 4.79 Å². The standard InChI is InChI=1S/C16H30N2O2/c1-16(2,3)20-15(19)18-10-5-4-9-14(12-18)17-11-13-7-6-8-13/h13-14,17H,4-12H2,1-3H3. The van der Waals surface area contributed by atoms with Crippen LogP contribution < -0.4 is 5.32 Å². The Bertz CT molecular complexity index is 321. The van der Waals surface area contributed by atoms with Gasteiger partial charge in [0.1, 0.15) is 5.60 Å². The van der Waals surface area contributed by atoms with Crippen LogP contribution in [0, 0.1) is 5.92 Å². The second kappa shape index (κ2) is 6.79. The molecule has 0 aromatic carbocycles. The van der Waals surface area contributed by atoms with Crippen LogP contribution in [0.15, 0.2) is 0 Å². The van der Waals surface area contributed by atoms with Crippen LogP contribution in [0.25, 0.3) is 0 Å². The highest BCUT2D eigenvalue weighted by Gasteiger charge is 2.27. The van der Waals surface area contributed by atoms with Gasteiger partial charge in [0.25, 0.3) is 0 Å². The van der Waals surface area contributed by atoms with Gasteiger partial charge in [-0.3, -0.25) is 0 Å². The Hall–Kier alpha value is -0.770. The van der Waals surface area contributed by atoms with Crippen LogP contribution >= 0.6 is 0 Å². The van der Waals surface area contributed by atoms with Crippen molar-refractivity contribution in [2.75, 3.05) is 19.6 Å². The molecule has 0 aromatic rings. The number of hydrogen-bond acceptors (Lipinski definition) is 3. The highest BCUT2D eigenvalue weighted by molar-refractivity contribution is 5.68. The Morgan fingerprint density at radius 2 is 1.95 bits per heavy atom. The summed E-state index contributed by atoms with van der Waals surface area (Å²) < 4.78 is 5.50. The molecule has 1 saturated carbocycles. The Balaban J connectivity index is 1.80. The summed E-state index contributed by atoms with van der Waals surface area (Å²) in [5.41, 5.74) is -0.405. The van der Waals surface area contributed by atoms with Crippen LogP contribution in [0.1, 0.15) is 59.3 Å². The third-order valence-electron chi connectivity index (χ3n) is 4.24. The topological polar surface area (TPSA) is 41.6 Å². The zero-order valence-electron chi connectivity index (χ0n) is 13.3. The molecule has 0 bridgehead atoms. The number of ether oxygens (including phenoxy) is 1. The number of amides is 1. The van der Waals surface area contributed by atoms with E-state index >= 15 is 0 Å². The predicted molar refractivity (Wildman–Crippen MR) is 80.8 cm³/mol. The molecule has 116 valence electrons. The van der Waals surface area contributed by atoms with E-state index in [-0.39, 0.29) is 6.09 Å². The minimum absolute atomic E-state index is 0.158. The molecule has 1 heterocycles. The normalized spacial score (nSPS) is 24.9. The summed E-state index contributed by atoms with van der Waals surface area (Å²) in [6, 6.07) is 0.436. The van der Waals surface area contributed by atoms with Crippen LogP contribution in [0.4, 0.5) is 4.79 Å². The SMILES string of the molecule is CC(C)(C)OC(=O)N1CCCCC(NCC2CCC2)C1. The van der Waals surface area contributed by atoms with Crippen molar-refractivity contribution < 1.29 is 9.53 Å². The van der Waals surface area contributed by atoms with Crippen molar-refractivity contribution in [3.8, 4) is 0 Å². The lowest BCUT2D eigenvalue weighted by atomic mass is 9.85. The van der Waals surface area contributed by atoms with E-state index in [1.54, 1.807) is 0 Å². The smallest absolute Gasteiger partial charge is 0.410 e. The molecule has 4 nitrogen and oxygen atoms in total. The van der Waals surface area contributed by atoms with Crippen molar-refractivity contribution in [3.05, 3.63) is 0 Å². The van der Waals surface area contributed by atoms with Crippen LogP contribution in [0.2, 0.25) is 0 Å². The average molecular weight is 282 g/mol. The average Bonchev–Trinajstić information content (AvgIpc) is 2.50. The number of carbonyl (C=O) groups is 1. The molecule has 0 spiro atoms. The molecule has 1 saturated heterocycles. The monoisotopic (exact) mass is 282 g/mol. The lowest BCUT2D eigenvalue weighted by molar-refractivity contribution is 0.0242. The molecule has 1 amide bonds. The summed E-state index contributed by atoms with van der Waals surface area (Å²) in [5.74, 6) is 0.869. The highest BCUT2D eigenvalue weighted by Crippen LogP contribution is 2.25. The van der Waals surface area contributed by atoms with Crippen LogP contribution in [0.5, 0.6) is 0 Å². The van der Waals surface area contributed by atoms with Crippen LogP contribution in [0.3, 0.4) is 0 Å². The lowest BCUT2D eigenvalue weighted by Gasteiger charge is -2.31. The first-order chi connectivity index (χ1) is 9.44. The van der Waals surface area contributed by atoms with Crippen molar-refractivity contribution in [2.45, 2.75) is 70.9 Å². The zero-order chi connectivity index (χ0) is 14.6. The predicted octanol–water partition coefficient (Wildman–Crippen LogP) is 3.17. The molecule has 1 aliphatic carbocycles. The molecule has 1 N–H and O–H groups in total. The first kappa shape index (κ1) is 15.6. The second-order valence-electron chi connectivity index (χ2n) is 7.32. The van der Waals surface area contributed by atoms with Gasteiger partial charge in [0, 0.05) is 19.1 Å². The van der Waals surface area contributed by atoms with E-state index in [4.69, 9.17) is 4.74 Å². The minimum atomic E-state index is -0.405. The molecule has 2 aliphatic rings. The maximum absolute atomic E-state index is 12.2.